The van der Waals surface area contributed by atoms with Crippen molar-refractivity contribution in [1.82, 2.24) is 4.90 Å². The van der Waals surface area contributed by atoms with Gasteiger partial charge in [0.2, 0.25) is 5.91 Å². The number of nitrogens with zero attached hydrogens (tertiary/aromatic N) is 2. The Bertz CT molecular complexity index is 807. The first kappa shape index (κ1) is 17.9. The maximum atomic E-state index is 12.4. The lowest BCUT2D eigenvalue weighted by molar-refractivity contribution is -0.117. The van der Waals surface area contributed by atoms with Crippen molar-refractivity contribution in [3.05, 3.63) is 50.9 Å². The van der Waals surface area contributed by atoms with Gasteiger partial charge in [-0.25, -0.2) is 0 Å². The van der Waals surface area contributed by atoms with Crippen LogP contribution in [0, 0.1) is 11.3 Å². The molecule has 0 spiro atoms. The van der Waals surface area contributed by atoms with Crippen LogP contribution in [0.3, 0.4) is 0 Å². The Morgan fingerprint density at radius 1 is 1.32 bits per heavy atom. The minimum Gasteiger partial charge on any atom is -0.315 e. The van der Waals surface area contributed by atoms with Crippen molar-refractivity contribution >= 4 is 33.8 Å². The molecule has 6 heteroatoms. The number of rotatable bonds is 5. The van der Waals surface area contributed by atoms with Gasteiger partial charge in [-0.3, -0.25) is 9.69 Å². The molecular weight excluding hydrogens is 354 g/mol. The summed E-state index contributed by atoms with van der Waals surface area (Å²) in [6.45, 7) is 0.937. The summed E-state index contributed by atoms with van der Waals surface area (Å²) in [7, 11) is 1.90. The molecule has 25 heavy (non-hydrogen) atoms. The van der Waals surface area contributed by atoms with Crippen LogP contribution < -0.4 is 5.32 Å². The molecule has 0 atom stereocenters. The third kappa shape index (κ3) is 4.40. The fraction of sp³-hybridized carbons (Fsp3) is 0.368. The fourth-order valence-electron chi connectivity index (χ4n) is 3.14. The first-order valence-corrected chi connectivity index (χ1v) is 9.53. The molecule has 0 fully saturated rings. The quantitative estimate of drug-likeness (QED) is 0.853. The number of aryl methyl sites for hydroxylation is 1. The number of fused-ring (bicyclic) bond motifs is 1. The Hall–Kier alpha value is -1.87. The topological polar surface area (TPSA) is 56.1 Å². The van der Waals surface area contributed by atoms with Gasteiger partial charge >= 0.3 is 0 Å². The standard InChI is InChI=1S/C19H20ClN3OS/c1-23(11-13-6-8-14(20)9-7-13)12-18(24)22-19-16(10-21)15-4-2-3-5-17(15)25-19/h6-9H,2-5,11-12H2,1H3,(H,22,24). The third-order valence-corrected chi connectivity index (χ3v) is 5.77. The van der Waals surface area contributed by atoms with Crippen LogP contribution in [0.2, 0.25) is 5.02 Å². The van der Waals surface area contributed by atoms with Crippen LogP contribution in [-0.4, -0.2) is 24.4 Å². The zero-order chi connectivity index (χ0) is 17.8. The van der Waals surface area contributed by atoms with Crippen LogP contribution in [0.5, 0.6) is 0 Å². The predicted molar refractivity (Wildman–Crippen MR) is 102 cm³/mol. The molecule has 4 nitrogen and oxygen atoms in total. The van der Waals surface area contributed by atoms with E-state index in [4.69, 9.17) is 11.6 Å². The number of carbonyl (C=O) groups excluding carboxylic acids is 1. The van der Waals surface area contributed by atoms with E-state index in [0.29, 0.717) is 22.1 Å². The Balaban J connectivity index is 1.62. The highest BCUT2D eigenvalue weighted by molar-refractivity contribution is 7.16. The molecule has 2 aromatic rings. The van der Waals surface area contributed by atoms with Crippen molar-refractivity contribution in [2.45, 2.75) is 32.2 Å². The molecule has 130 valence electrons. The minimum absolute atomic E-state index is 0.0911. The number of halogens is 1. The summed E-state index contributed by atoms with van der Waals surface area (Å²) < 4.78 is 0. The lowest BCUT2D eigenvalue weighted by Crippen LogP contribution is -2.29. The van der Waals surface area contributed by atoms with Gasteiger partial charge in [0.25, 0.3) is 0 Å². The van der Waals surface area contributed by atoms with Gasteiger partial charge in [-0.05, 0) is 56.0 Å². The predicted octanol–water partition coefficient (Wildman–Crippen LogP) is 4.22. The molecule has 0 saturated heterocycles. The van der Waals surface area contributed by atoms with Gasteiger partial charge < -0.3 is 5.32 Å². The van der Waals surface area contributed by atoms with Gasteiger partial charge in [-0.2, -0.15) is 5.26 Å². The van der Waals surface area contributed by atoms with Crippen LogP contribution in [0.25, 0.3) is 0 Å². The van der Waals surface area contributed by atoms with E-state index in [9.17, 15) is 10.1 Å². The number of nitriles is 1. The first-order valence-electron chi connectivity index (χ1n) is 8.34. The number of nitrogens with one attached hydrogen (secondary N) is 1. The van der Waals surface area contributed by atoms with Gasteiger partial charge in [0.1, 0.15) is 11.1 Å². The largest absolute Gasteiger partial charge is 0.315 e. The second-order valence-corrected chi connectivity index (χ2v) is 7.92. The fourth-order valence-corrected chi connectivity index (χ4v) is 4.52. The number of thiophene rings is 1. The van der Waals surface area contributed by atoms with E-state index < -0.39 is 0 Å². The smallest absolute Gasteiger partial charge is 0.239 e. The summed E-state index contributed by atoms with van der Waals surface area (Å²) in [6.07, 6.45) is 4.24. The lowest BCUT2D eigenvalue weighted by Gasteiger charge is -2.16. The molecule has 0 aliphatic heterocycles. The zero-order valence-electron chi connectivity index (χ0n) is 14.1. The molecule has 1 amide bonds. The normalized spacial score (nSPS) is 13.4. The Labute approximate surface area is 157 Å². The monoisotopic (exact) mass is 373 g/mol. The SMILES string of the molecule is CN(CC(=O)Nc1sc2c(c1C#N)CCCC2)Cc1ccc(Cl)cc1. The first-order chi connectivity index (χ1) is 12.1. The molecule has 0 bridgehead atoms. The van der Waals surface area contributed by atoms with Gasteiger partial charge in [0, 0.05) is 16.4 Å². The van der Waals surface area contributed by atoms with Gasteiger partial charge in [0.15, 0.2) is 0 Å². The molecule has 1 aromatic heterocycles. The van der Waals surface area contributed by atoms with E-state index >= 15 is 0 Å². The average molecular weight is 374 g/mol. The summed E-state index contributed by atoms with van der Waals surface area (Å²) in [5.41, 5.74) is 2.90. The maximum Gasteiger partial charge on any atom is 0.239 e. The van der Waals surface area contributed by atoms with Crippen molar-refractivity contribution in [3.8, 4) is 6.07 Å². The van der Waals surface area contributed by atoms with Crippen molar-refractivity contribution in [1.29, 1.82) is 5.26 Å². The maximum absolute atomic E-state index is 12.4. The van der Waals surface area contributed by atoms with Crippen LogP contribution >= 0.6 is 22.9 Å². The van der Waals surface area contributed by atoms with Crippen LogP contribution in [0.1, 0.15) is 34.4 Å². The second-order valence-electron chi connectivity index (χ2n) is 6.37. The molecular formula is C19H20ClN3OS. The summed E-state index contributed by atoms with van der Waals surface area (Å²) in [4.78, 5) is 15.6. The summed E-state index contributed by atoms with van der Waals surface area (Å²) in [6, 6.07) is 9.88. The van der Waals surface area contributed by atoms with Crippen molar-refractivity contribution in [3.63, 3.8) is 0 Å². The van der Waals surface area contributed by atoms with Gasteiger partial charge in [-0.15, -0.1) is 11.3 Å². The highest BCUT2D eigenvalue weighted by Crippen LogP contribution is 2.37. The van der Waals surface area contributed by atoms with Gasteiger partial charge in [-0.1, -0.05) is 23.7 Å². The number of hydrogen-bond acceptors (Lipinski definition) is 4. The Morgan fingerprint density at radius 3 is 2.76 bits per heavy atom. The Morgan fingerprint density at radius 2 is 2.04 bits per heavy atom. The number of benzene rings is 1. The van der Waals surface area contributed by atoms with E-state index in [0.717, 1.165) is 36.8 Å². The van der Waals surface area contributed by atoms with Crippen LogP contribution in [-0.2, 0) is 24.2 Å². The minimum atomic E-state index is -0.0911. The number of amides is 1. The molecule has 0 radical (unpaired) electrons. The highest BCUT2D eigenvalue weighted by Gasteiger charge is 2.22. The number of hydrogen-bond donors (Lipinski definition) is 1. The molecule has 0 saturated carbocycles. The number of anilines is 1. The van der Waals surface area contributed by atoms with Crippen LogP contribution in [0.15, 0.2) is 24.3 Å². The molecule has 1 aromatic carbocycles. The molecule has 1 N–H and O–H groups in total. The summed E-state index contributed by atoms with van der Waals surface area (Å²) in [5.74, 6) is -0.0911. The average Bonchev–Trinajstić information content (AvgIpc) is 2.93. The van der Waals surface area contributed by atoms with Crippen molar-refractivity contribution in [2.24, 2.45) is 0 Å². The van der Waals surface area contributed by atoms with E-state index in [2.05, 4.69) is 11.4 Å². The zero-order valence-corrected chi connectivity index (χ0v) is 15.7. The highest BCUT2D eigenvalue weighted by atomic mass is 35.5. The summed E-state index contributed by atoms with van der Waals surface area (Å²) >= 11 is 7.45. The van der Waals surface area contributed by atoms with E-state index in [1.807, 2.05) is 36.2 Å². The molecule has 1 aliphatic carbocycles. The summed E-state index contributed by atoms with van der Waals surface area (Å²) in [5, 5.41) is 13.8. The van der Waals surface area contributed by atoms with E-state index in [1.54, 1.807) is 11.3 Å². The molecule has 0 unspecified atom stereocenters. The number of carbonyl (C=O) groups is 1. The molecule has 1 aliphatic rings. The lowest BCUT2D eigenvalue weighted by atomic mass is 9.96. The molecule has 3 rings (SSSR count). The van der Waals surface area contributed by atoms with Crippen LogP contribution in [0.4, 0.5) is 5.00 Å². The van der Waals surface area contributed by atoms with Crippen molar-refractivity contribution < 1.29 is 4.79 Å². The molecule has 1 heterocycles. The third-order valence-electron chi connectivity index (χ3n) is 4.32. The van der Waals surface area contributed by atoms with Gasteiger partial charge in [0.05, 0.1) is 12.1 Å². The van der Waals surface area contributed by atoms with Crippen molar-refractivity contribution in [2.75, 3.05) is 18.9 Å². The van der Waals surface area contributed by atoms with E-state index in [1.165, 1.54) is 4.88 Å². The second kappa shape index (κ2) is 8.01. The Kier molecular flexibility index (Phi) is 5.74. The number of likely N-dealkylation sites (N-methyl/N-ethyl adjacent to an activating group) is 1. The van der Waals surface area contributed by atoms with E-state index in [-0.39, 0.29) is 12.5 Å².